The third kappa shape index (κ3) is 2.86. The van der Waals surface area contributed by atoms with E-state index in [4.69, 9.17) is 17.3 Å². The number of sulfonamides is 1. The van der Waals surface area contributed by atoms with Gasteiger partial charge in [-0.05, 0) is 43.2 Å². The maximum atomic E-state index is 12.5. The first-order valence-electron chi connectivity index (χ1n) is 5.81. The van der Waals surface area contributed by atoms with Crippen molar-refractivity contribution < 1.29 is 8.42 Å². The fraction of sp³-hybridized carbons (Fsp3) is 0.154. The van der Waals surface area contributed by atoms with Gasteiger partial charge in [0.25, 0.3) is 10.0 Å². The quantitative estimate of drug-likeness (QED) is 0.674. The average Bonchev–Trinajstić information content (AvgIpc) is 2.33. The monoisotopic (exact) mass is 311 g/mol. The van der Waals surface area contributed by atoms with Crippen molar-refractivity contribution in [2.45, 2.75) is 18.7 Å². The Labute approximate surface area is 122 Å². The van der Waals surface area contributed by atoms with Crippen LogP contribution in [0, 0.1) is 13.8 Å². The van der Waals surface area contributed by atoms with E-state index in [0.717, 1.165) is 0 Å². The number of aryl methyl sites for hydroxylation is 1. The molecule has 0 aliphatic carbocycles. The van der Waals surface area contributed by atoms with Gasteiger partial charge >= 0.3 is 0 Å². The molecule has 0 radical (unpaired) electrons. The predicted molar refractivity (Wildman–Crippen MR) is 80.4 cm³/mol. The van der Waals surface area contributed by atoms with Crippen LogP contribution in [0.5, 0.6) is 0 Å². The molecule has 0 aliphatic heterocycles. The molecule has 1 aromatic carbocycles. The van der Waals surface area contributed by atoms with Crippen LogP contribution in [0.3, 0.4) is 0 Å². The summed E-state index contributed by atoms with van der Waals surface area (Å²) in [6.45, 7) is 3.40. The molecule has 1 aromatic heterocycles. The van der Waals surface area contributed by atoms with Crippen LogP contribution in [0.4, 0.5) is 11.4 Å². The average molecular weight is 312 g/mol. The lowest BCUT2D eigenvalue weighted by Crippen LogP contribution is -2.16. The maximum Gasteiger partial charge on any atom is 0.262 e. The highest BCUT2D eigenvalue weighted by Crippen LogP contribution is 2.27. The minimum Gasteiger partial charge on any atom is -0.398 e. The van der Waals surface area contributed by atoms with Crippen LogP contribution in [0.1, 0.15) is 11.1 Å². The molecule has 2 rings (SSSR count). The van der Waals surface area contributed by atoms with Crippen molar-refractivity contribution in [2.24, 2.45) is 0 Å². The summed E-state index contributed by atoms with van der Waals surface area (Å²) in [4.78, 5) is 3.99. The number of nitrogens with one attached hydrogen (secondary N) is 1. The number of hydrogen-bond acceptors (Lipinski definition) is 4. The Morgan fingerprint density at radius 2 is 1.95 bits per heavy atom. The van der Waals surface area contributed by atoms with Crippen molar-refractivity contribution in [3.63, 3.8) is 0 Å². The summed E-state index contributed by atoms with van der Waals surface area (Å²) in [5.74, 6) is 0. The summed E-state index contributed by atoms with van der Waals surface area (Å²) in [6, 6.07) is 6.33. The Bertz CT molecular complexity index is 760. The summed E-state index contributed by atoms with van der Waals surface area (Å²) in [6.07, 6.45) is 1.43. The standard InChI is InChI=1S/C13H14ClN3O2S/c1-8-3-4-11(15)9(2)13(8)20(18,19)17-10-5-6-16-12(14)7-10/h3-7H,15H2,1-2H3,(H,16,17). The Morgan fingerprint density at radius 1 is 1.25 bits per heavy atom. The number of nitrogens with zero attached hydrogens (tertiary/aromatic N) is 1. The third-order valence-electron chi connectivity index (χ3n) is 2.89. The van der Waals surface area contributed by atoms with E-state index in [1.54, 1.807) is 26.0 Å². The number of hydrogen-bond donors (Lipinski definition) is 2. The summed E-state index contributed by atoms with van der Waals surface area (Å²) < 4.78 is 27.4. The number of anilines is 2. The lowest BCUT2D eigenvalue weighted by Gasteiger charge is -2.14. The first kappa shape index (κ1) is 14.6. The first-order valence-corrected chi connectivity index (χ1v) is 7.67. The van der Waals surface area contributed by atoms with Gasteiger partial charge in [0.1, 0.15) is 5.15 Å². The van der Waals surface area contributed by atoms with Gasteiger partial charge in [0.2, 0.25) is 0 Å². The van der Waals surface area contributed by atoms with Crippen LogP contribution in [0.2, 0.25) is 5.15 Å². The van der Waals surface area contributed by atoms with Gasteiger partial charge in [-0.2, -0.15) is 0 Å². The largest absolute Gasteiger partial charge is 0.398 e. The van der Waals surface area contributed by atoms with Crippen LogP contribution in [0.15, 0.2) is 35.4 Å². The molecule has 106 valence electrons. The van der Waals surface area contributed by atoms with Crippen molar-refractivity contribution in [1.29, 1.82) is 0 Å². The molecule has 0 saturated carbocycles. The molecule has 0 unspecified atom stereocenters. The Morgan fingerprint density at radius 3 is 2.60 bits per heavy atom. The first-order chi connectivity index (χ1) is 9.31. The fourth-order valence-electron chi connectivity index (χ4n) is 1.93. The summed E-state index contributed by atoms with van der Waals surface area (Å²) >= 11 is 5.74. The van der Waals surface area contributed by atoms with Crippen LogP contribution in [-0.4, -0.2) is 13.4 Å². The molecule has 0 spiro atoms. The molecule has 2 aromatic rings. The highest BCUT2D eigenvalue weighted by Gasteiger charge is 2.21. The van der Waals surface area contributed by atoms with Crippen molar-refractivity contribution in [2.75, 3.05) is 10.5 Å². The van der Waals surface area contributed by atoms with Gasteiger partial charge in [-0.1, -0.05) is 17.7 Å². The summed E-state index contributed by atoms with van der Waals surface area (Å²) in [5, 5.41) is 0.214. The number of nitrogens with two attached hydrogens (primary N) is 1. The molecule has 0 atom stereocenters. The van der Waals surface area contributed by atoms with E-state index in [1.165, 1.54) is 18.3 Å². The summed E-state index contributed by atoms with van der Waals surface area (Å²) in [5.41, 5.74) is 7.72. The van der Waals surface area contributed by atoms with E-state index in [0.29, 0.717) is 22.5 Å². The molecule has 3 N–H and O–H groups in total. The van der Waals surface area contributed by atoms with Gasteiger partial charge < -0.3 is 5.73 Å². The lowest BCUT2D eigenvalue weighted by atomic mass is 10.1. The van der Waals surface area contributed by atoms with E-state index < -0.39 is 10.0 Å². The SMILES string of the molecule is Cc1ccc(N)c(C)c1S(=O)(=O)Nc1ccnc(Cl)c1. The predicted octanol–water partition coefficient (Wildman–Crippen LogP) is 2.73. The van der Waals surface area contributed by atoms with Gasteiger partial charge in [0.05, 0.1) is 10.6 Å². The van der Waals surface area contributed by atoms with Gasteiger partial charge in [-0.15, -0.1) is 0 Å². The fourth-order valence-corrected chi connectivity index (χ4v) is 3.65. The normalized spacial score (nSPS) is 11.3. The lowest BCUT2D eigenvalue weighted by molar-refractivity contribution is 0.600. The number of halogens is 1. The molecule has 0 aliphatic rings. The van der Waals surface area contributed by atoms with Crippen LogP contribution >= 0.6 is 11.6 Å². The molecule has 0 bridgehead atoms. The van der Waals surface area contributed by atoms with Crippen LogP contribution < -0.4 is 10.5 Å². The zero-order valence-corrected chi connectivity index (χ0v) is 12.6. The molecular formula is C13H14ClN3O2S. The summed E-state index contributed by atoms with van der Waals surface area (Å²) in [7, 11) is -3.73. The molecule has 7 heteroatoms. The van der Waals surface area contributed by atoms with Crippen molar-refractivity contribution in [1.82, 2.24) is 4.98 Å². The number of aromatic nitrogens is 1. The third-order valence-corrected chi connectivity index (χ3v) is 4.77. The molecule has 5 nitrogen and oxygen atoms in total. The Balaban J connectivity index is 2.49. The van der Waals surface area contributed by atoms with E-state index in [1.807, 2.05) is 0 Å². The molecule has 0 fully saturated rings. The van der Waals surface area contributed by atoms with Crippen molar-refractivity contribution >= 4 is 33.0 Å². The van der Waals surface area contributed by atoms with E-state index in [2.05, 4.69) is 9.71 Å². The molecule has 0 saturated heterocycles. The van der Waals surface area contributed by atoms with Crippen molar-refractivity contribution in [3.05, 3.63) is 46.7 Å². The smallest absolute Gasteiger partial charge is 0.262 e. The minimum absolute atomic E-state index is 0.186. The second-order valence-electron chi connectivity index (χ2n) is 4.40. The highest BCUT2D eigenvalue weighted by atomic mass is 35.5. The number of benzene rings is 1. The highest BCUT2D eigenvalue weighted by molar-refractivity contribution is 7.92. The van der Waals surface area contributed by atoms with E-state index in [-0.39, 0.29) is 10.0 Å². The van der Waals surface area contributed by atoms with Gasteiger partial charge in [-0.25, -0.2) is 13.4 Å². The zero-order chi connectivity index (χ0) is 14.9. The molecule has 20 heavy (non-hydrogen) atoms. The van der Waals surface area contributed by atoms with Gasteiger partial charge in [0.15, 0.2) is 0 Å². The van der Waals surface area contributed by atoms with Crippen LogP contribution in [0.25, 0.3) is 0 Å². The molecular weight excluding hydrogens is 298 g/mol. The second-order valence-corrected chi connectivity index (χ2v) is 6.41. The zero-order valence-electron chi connectivity index (χ0n) is 11.0. The Hall–Kier alpha value is -1.79. The second kappa shape index (κ2) is 5.30. The van der Waals surface area contributed by atoms with Crippen molar-refractivity contribution in [3.8, 4) is 0 Å². The molecule has 0 amide bonds. The van der Waals surface area contributed by atoms with E-state index >= 15 is 0 Å². The number of nitrogen functional groups attached to an aromatic ring is 1. The topological polar surface area (TPSA) is 85.1 Å². The number of pyridine rings is 1. The van der Waals surface area contributed by atoms with E-state index in [9.17, 15) is 8.42 Å². The Kier molecular flexibility index (Phi) is 3.87. The van der Waals surface area contributed by atoms with Gasteiger partial charge in [-0.3, -0.25) is 4.72 Å². The molecule has 1 heterocycles. The minimum atomic E-state index is -3.73. The number of rotatable bonds is 3. The maximum absolute atomic E-state index is 12.5. The van der Waals surface area contributed by atoms with Crippen LogP contribution in [-0.2, 0) is 10.0 Å². The van der Waals surface area contributed by atoms with Gasteiger partial charge in [0, 0.05) is 11.9 Å².